The molecule has 4 heavy (non-hydrogen) atoms. The van der Waals surface area contributed by atoms with Crippen LogP contribution in [0.3, 0.4) is 0 Å². The molecule has 0 aliphatic heterocycles. The van der Waals surface area contributed by atoms with E-state index in [2.05, 4.69) is 17.6 Å². The molecule has 0 saturated carbocycles. The summed E-state index contributed by atoms with van der Waals surface area (Å²) in [6.07, 6.45) is 0. The average Bonchev–Trinajstić information content (AvgIpc) is 1.37. The van der Waals surface area contributed by atoms with Crippen molar-refractivity contribution < 1.29 is 0 Å². The third-order valence-electron chi connectivity index (χ3n) is 0.0667. The van der Waals surface area contributed by atoms with E-state index in [9.17, 15) is 0 Å². The second kappa shape index (κ2) is 4.16. The van der Waals surface area contributed by atoms with Crippen LogP contribution in [0.15, 0.2) is 0 Å². The molecule has 3 heteroatoms. The Hall–Kier alpha value is 1.16. The van der Waals surface area contributed by atoms with Crippen LogP contribution in [-0.2, 0) is 0 Å². The van der Waals surface area contributed by atoms with E-state index in [1.807, 2.05) is 5.54 Å². The van der Waals surface area contributed by atoms with Gasteiger partial charge in [0.25, 0.3) is 0 Å². The predicted molar refractivity (Wildman–Crippen MR) is 29.6 cm³/mol. The van der Waals surface area contributed by atoms with Gasteiger partial charge < -0.3 is 0 Å². The topological polar surface area (TPSA) is 0 Å². The molecule has 0 aliphatic rings. The third-order valence-corrected chi connectivity index (χ3v) is 1.80. The van der Waals surface area contributed by atoms with E-state index in [1.54, 1.807) is 0 Å². The summed E-state index contributed by atoms with van der Waals surface area (Å²) < 4.78 is 0. The van der Waals surface area contributed by atoms with E-state index >= 15 is 0 Å². The molecule has 0 nitrogen and oxygen atoms in total. The zero-order valence-corrected chi connectivity index (χ0v) is 4.99. The third kappa shape index (κ3) is 3.16. The maximum atomic E-state index is 3.82. The van der Waals surface area contributed by atoms with Crippen LogP contribution >= 0.6 is 24.9 Å². The van der Waals surface area contributed by atoms with Gasteiger partial charge in [-0.05, 0) is 0 Å². The van der Waals surface area contributed by atoms with Crippen molar-refractivity contribution in [3.05, 3.63) is 0 Å². The van der Waals surface area contributed by atoms with Gasteiger partial charge in [-0.15, -0.1) is 0 Å². The van der Waals surface area contributed by atoms with Crippen LogP contribution < -0.4 is 0 Å². The molecule has 0 fully saturated rings. The van der Waals surface area contributed by atoms with Crippen molar-refractivity contribution in [2.75, 3.05) is 0 Å². The van der Waals surface area contributed by atoms with Crippen LogP contribution in [0.1, 0.15) is 0 Å². The van der Waals surface area contributed by atoms with Crippen molar-refractivity contribution in [2.45, 2.75) is 0 Å². The van der Waals surface area contributed by atoms with Crippen LogP contribution in [-0.4, -0.2) is 5.54 Å². The van der Waals surface area contributed by atoms with Crippen LogP contribution in [0, 0.1) is 0 Å². The first-order chi connectivity index (χ1) is 1.91. The predicted octanol–water partition coefficient (Wildman–Crippen LogP) is 1.89. The molecule has 0 saturated heterocycles. The second-order valence-corrected chi connectivity index (χ2v) is 2.38. The van der Waals surface area contributed by atoms with E-state index in [1.165, 1.54) is 0 Å². The summed E-state index contributed by atoms with van der Waals surface area (Å²) in [5.74, 6) is 0. The molecule has 22 valence electrons. The monoisotopic (exact) mass is 108 g/mol. The van der Waals surface area contributed by atoms with Gasteiger partial charge in [0.15, 0.2) is 0 Å². The second-order valence-electron chi connectivity index (χ2n) is 0.265. The summed E-state index contributed by atoms with van der Waals surface area (Å²) in [6.45, 7) is 0. The van der Waals surface area contributed by atoms with Gasteiger partial charge in [0.1, 0.15) is 0 Å². The molecule has 0 amide bonds. The summed E-state index contributed by atoms with van der Waals surface area (Å²) in [5.41, 5.74) is 1.88. The Balaban J connectivity index is 3.36. The molecular formula is CH3P3. The van der Waals surface area contributed by atoms with Crippen LogP contribution in [0.2, 0.25) is 0 Å². The fourth-order valence-corrected chi connectivity index (χ4v) is 0. The van der Waals surface area contributed by atoms with E-state index in [0.717, 1.165) is 7.31 Å². The molecule has 1 atom stereocenters. The quantitative estimate of drug-likeness (QED) is 0.415. The Morgan fingerprint density at radius 1 is 2.00 bits per heavy atom. The zero-order valence-electron chi connectivity index (χ0n) is 2.05. The van der Waals surface area contributed by atoms with Crippen molar-refractivity contribution in [2.24, 2.45) is 0 Å². The number of hydrogen-bond donors (Lipinski definition) is 0. The van der Waals surface area contributed by atoms with E-state index in [4.69, 9.17) is 0 Å². The number of hydrogen-bond acceptors (Lipinski definition) is 0. The fourth-order valence-electron chi connectivity index (χ4n) is 0. The van der Waals surface area contributed by atoms with Crippen molar-refractivity contribution in [3.63, 3.8) is 0 Å². The molecule has 0 N–H and O–H groups in total. The fraction of sp³-hybridized carbons (Fsp3) is 0. The minimum absolute atomic E-state index is 1.03. The molecule has 0 bridgehead atoms. The molecule has 0 aliphatic carbocycles. The standard InChI is InChI=1S/CH3P3/c2-1-4-3/h1H,2H2. The normalized spacial score (nSPS) is 5.00. The van der Waals surface area contributed by atoms with Crippen LogP contribution in [0.5, 0.6) is 0 Å². The van der Waals surface area contributed by atoms with Crippen LogP contribution in [0.25, 0.3) is 0 Å². The van der Waals surface area contributed by atoms with Gasteiger partial charge in [-0.3, -0.25) is 0 Å². The molecule has 0 aromatic rings. The van der Waals surface area contributed by atoms with Gasteiger partial charge in [0, 0.05) is 0 Å². The van der Waals surface area contributed by atoms with Gasteiger partial charge in [-0.1, -0.05) is 0 Å². The van der Waals surface area contributed by atoms with Gasteiger partial charge in [-0.25, -0.2) is 0 Å². The van der Waals surface area contributed by atoms with Gasteiger partial charge >= 0.3 is 30.4 Å². The molecule has 0 aromatic carbocycles. The molecule has 0 heterocycles. The SMILES string of the molecule is P#P=CP. The summed E-state index contributed by atoms with van der Waals surface area (Å²) in [4.78, 5) is 0. The Morgan fingerprint density at radius 3 is 2.25 bits per heavy atom. The first-order valence-corrected chi connectivity index (χ1v) is 3.57. The summed E-state index contributed by atoms with van der Waals surface area (Å²) in [5, 5.41) is 0. The van der Waals surface area contributed by atoms with E-state index < -0.39 is 0 Å². The van der Waals surface area contributed by atoms with Crippen molar-refractivity contribution in [1.29, 1.82) is 0 Å². The molecule has 0 spiro atoms. The van der Waals surface area contributed by atoms with Crippen molar-refractivity contribution >= 4 is 30.4 Å². The average molecular weight is 108 g/mol. The summed E-state index contributed by atoms with van der Waals surface area (Å²) in [6, 6.07) is 0. The maximum absolute atomic E-state index is 3.82. The van der Waals surface area contributed by atoms with Gasteiger partial charge in [0.2, 0.25) is 0 Å². The molecule has 0 radical (unpaired) electrons. The number of rotatable bonds is 0. The molecular weight excluding hydrogens is 105 g/mol. The van der Waals surface area contributed by atoms with Crippen molar-refractivity contribution in [3.8, 4) is 0 Å². The first kappa shape index (κ1) is 5.16. The van der Waals surface area contributed by atoms with E-state index in [0.29, 0.717) is 0 Å². The molecule has 0 aromatic heterocycles. The van der Waals surface area contributed by atoms with Crippen molar-refractivity contribution in [1.82, 2.24) is 0 Å². The summed E-state index contributed by atoms with van der Waals surface area (Å²) in [7, 11) is 7.29. The minimum atomic E-state index is 1.03. The Morgan fingerprint density at radius 2 is 2.25 bits per heavy atom. The Bertz CT molecular complexity index is 67.0. The van der Waals surface area contributed by atoms with E-state index in [-0.39, 0.29) is 0 Å². The van der Waals surface area contributed by atoms with Gasteiger partial charge in [-0.2, -0.15) is 0 Å². The first-order valence-electron chi connectivity index (χ1n) is 0.792. The zero-order chi connectivity index (χ0) is 3.41. The van der Waals surface area contributed by atoms with Gasteiger partial charge in [0.05, 0.1) is 0 Å². The molecule has 0 rings (SSSR count). The summed E-state index contributed by atoms with van der Waals surface area (Å²) >= 11 is 0. The Labute approximate surface area is 31.3 Å². The molecule has 1 unspecified atom stereocenters. The van der Waals surface area contributed by atoms with Crippen LogP contribution in [0.4, 0.5) is 0 Å². The Kier molecular flexibility index (Phi) is 5.37.